The largest absolute Gasteiger partial charge is 0.306 e. The molecular weight excluding hydrogens is 270 g/mol. The first-order valence-electron chi connectivity index (χ1n) is 5.12. The van der Waals surface area contributed by atoms with Gasteiger partial charge in [-0.25, -0.2) is 9.97 Å². The highest BCUT2D eigenvalue weighted by Crippen LogP contribution is 2.16. The SMILES string of the molecule is CSc1ccc(C(=O)Nc2cc(Cl)ncn2)cc1. The Morgan fingerprint density at radius 1 is 1.28 bits per heavy atom. The molecule has 0 saturated carbocycles. The van der Waals surface area contributed by atoms with Gasteiger partial charge in [-0.2, -0.15) is 0 Å². The highest BCUT2D eigenvalue weighted by molar-refractivity contribution is 7.98. The Kier molecular flexibility index (Phi) is 4.17. The van der Waals surface area contributed by atoms with Gasteiger partial charge in [0.2, 0.25) is 0 Å². The zero-order valence-corrected chi connectivity index (χ0v) is 11.1. The maximum absolute atomic E-state index is 11.9. The Morgan fingerprint density at radius 2 is 2.00 bits per heavy atom. The van der Waals surface area contributed by atoms with Gasteiger partial charge in [-0.3, -0.25) is 4.79 Å². The van der Waals surface area contributed by atoms with Gasteiger partial charge in [-0.15, -0.1) is 11.8 Å². The van der Waals surface area contributed by atoms with Crippen LogP contribution in [-0.4, -0.2) is 22.1 Å². The number of carbonyl (C=O) groups is 1. The number of anilines is 1. The number of nitrogens with zero attached hydrogens (tertiary/aromatic N) is 2. The number of hydrogen-bond acceptors (Lipinski definition) is 4. The average molecular weight is 280 g/mol. The summed E-state index contributed by atoms with van der Waals surface area (Å²) in [6, 6.07) is 8.82. The molecule has 1 N–H and O–H groups in total. The van der Waals surface area contributed by atoms with Crippen molar-refractivity contribution in [3.63, 3.8) is 0 Å². The minimum Gasteiger partial charge on any atom is -0.306 e. The molecule has 4 nitrogen and oxygen atoms in total. The molecule has 0 aliphatic rings. The van der Waals surface area contributed by atoms with Crippen molar-refractivity contribution < 1.29 is 4.79 Å². The maximum Gasteiger partial charge on any atom is 0.256 e. The van der Waals surface area contributed by atoms with Crippen LogP contribution in [0.25, 0.3) is 0 Å². The summed E-state index contributed by atoms with van der Waals surface area (Å²) in [6.45, 7) is 0. The number of thioether (sulfide) groups is 1. The predicted molar refractivity (Wildman–Crippen MR) is 73.2 cm³/mol. The second-order valence-electron chi connectivity index (χ2n) is 3.41. The Morgan fingerprint density at radius 3 is 2.61 bits per heavy atom. The van der Waals surface area contributed by atoms with Crippen molar-refractivity contribution in [2.45, 2.75) is 4.90 Å². The normalized spacial score (nSPS) is 10.1. The maximum atomic E-state index is 11.9. The molecule has 1 aromatic carbocycles. The Labute approximate surface area is 114 Å². The van der Waals surface area contributed by atoms with E-state index in [0.29, 0.717) is 11.4 Å². The summed E-state index contributed by atoms with van der Waals surface area (Å²) >= 11 is 7.33. The third-order valence-electron chi connectivity index (χ3n) is 2.23. The van der Waals surface area contributed by atoms with Gasteiger partial charge in [0.15, 0.2) is 0 Å². The minimum atomic E-state index is -0.225. The van der Waals surface area contributed by atoms with Crippen LogP contribution in [0.2, 0.25) is 5.15 Å². The number of halogens is 1. The fraction of sp³-hybridized carbons (Fsp3) is 0.0833. The monoisotopic (exact) mass is 279 g/mol. The van der Waals surface area contributed by atoms with Crippen molar-refractivity contribution in [1.82, 2.24) is 9.97 Å². The first kappa shape index (κ1) is 12.9. The van der Waals surface area contributed by atoms with E-state index in [-0.39, 0.29) is 11.1 Å². The molecule has 0 aliphatic carbocycles. The lowest BCUT2D eigenvalue weighted by Crippen LogP contribution is -2.12. The number of rotatable bonds is 3. The highest BCUT2D eigenvalue weighted by Gasteiger charge is 2.07. The van der Waals surface area contributed by atoms with Crippen molar-refractivity contribution in [3.05, 3.63) is 47.4 Å². The van der Waals surface area contributed by atoms with Crippen LogP contribution in [0.3, 0.4) is 0 Å². The molecule has 18 heavy (non-hydrogen) atoms. The van der Waals surface area contributed by atoms with Gasteiger partial charge < -0.3 is 5.32 Å². The zero-order valence-electron chi connectivity index (χ0n) is 9.55. The average Bonchev–Trinajstić information content (AvgIpc) is 2.39. The van der Waals surface area contributed by atoms with E-state index in [9.17, 15) is 4.79 Å². The summed E-state index contributed by atoms with van der Waals surface area (Å²) in [7, 11) is 0. The van der Waals surface area contributed by atoms with Crippen molar-refractivity contribution in [1.29, 1.82) is 0 Å². The van der Waals surface area contributed by atoms with Crippen molar-refractivity contribution in [3.8, 4) is 0 Å². The number of hydrogen-bond donors (Lipinski definition) is 1. The number of benzene rings is 1. The van der Waals surface area contributed by atoms with E-state index < -0.39 is 0 Å². The van der Waals surface area contributed by atoms with Gasteiger partial charge in [0.25, 0.3) is 5.91 Å². The lowest BCUT2D eigenvalue weighted by Gasteiger charge is -2.04. The number of aromatic nitrogens is 2. The van der Waals surface area contributed by atoms with Crippen molar-refractivity contribution in [2.24, 2.45) is 0 Å². The van der Waals surface area contributed by atoms with Gasteiger partial charge in [0, 0.05) is 16.5 Å². The molecule has 0 unspecified atom stereocenters. The Bertz CT molecular complexity index is 560. The third-order valence-corrected chi connectivity index (χ3v) is 3.18. The highest BCUT2D eigenvalue weighted by atomic mass is 35.5. The fourth-order valence-electron chi connectivity index (χ4n) is 1.33. The summed E-state index contributed by atoms with van der Waals surface area (Å²) in [5.74, 6) is 0.159. The van der Waals surface area contributed by atoms with Crippen LogP contribution in [-0.2, 0) is 0 Å². The van der Waals surface area contributed by atoms with Crippen LogP contribution in [0.15, 0.2) is 41.6 Å². The van der Waals surface area contributed by atoms with E-state index in [1.165, 1.54) is 12.4 Å². The van der Waals surface area contributed by atoms with Crippen molar-refractivity contribution >= 4 is 35.1 Å². The molecule has 0 bridgehead atoms. The lowest BCUT2D eigenvalue weighted by molar-refractivity contribution is 0.102. The number of nitrogens with one attached hydrogen (secondary N) is 1. The van der Waals surface area contributed by atoms with Gasteiger partial charge in [-0.1, -0.05) is 11.6 Å². The lowest BCUT2D eigenvalue weighted by atomic mass is 10.2. The van der Waals surface area contributed by atoms with Crippen LogP contribution in [0.4, 0.5) is 5.82 Å². The van der Waals surface area contributed by atoms with Crippen LogP contribution >= 0.6 is 23.4 Å². The van der Waals surface area contributed by atoms with E-state index in [2.05, 4.69) is 15.3 Å². The predicted octanol–water partition coefficient (Wildman–Crippen LogP) is 3.10. The van der Waals surface area contributed by atoms with E-state index in [4.69, 9.17) is 11.6 Å². The van der Waals surface area contributed by atoms with E-state index in [1.807, 2.05) is 18.4 Å². The van der Waals surface area contributed by atoms with Crippen LogP contribution < -0.4 is 5.32 Å². The van der Waals surface area contributed by atoms with E-state index in [0.717, 1.165) is 4.90 Å². The summed E-state index contributed by atoms with van der Waals surface area (Å²) < 4.78 is 0. The summed E-state index contributed by atoms with van der Waals surface area (Å²) in [5, 5.41) is 2.95. The smallest absolute Gasteiger partial charge is 0.256 e. The molecule has 2 aromatic rings. The molecule has 1 heterocycles. The zero-order chi connectivity index (χ0) is 13.0. The standard InChI is InChI=1S/C12H10ClN3OS/c1-18-9-4-2-8(3-5-9)12(17)16-11-6-10(13)14-7-15-11/h2-7H,1H3,(H,14,15,16,17). The van der Waals surface area contributed by atoms with Gasteiger partial charge in [-0.05, 0) is 30.5 Å². The van der Waals surface area contributed by atoms with Crippen LogP contribution in [0.5, 0.6) is 0 Å². The van der Waals surface area contributed by atoms with Crippen LogP contribution in [0.1, 0.15) is 10.4 Å². The molecule has 6 heteroatoms. The summed E-state index contributed by atoms with van der Waals surface area (Å²) in [4.78, 5) is 20.7. The third kappa shape index (κ3) is 3.21. The molecule has 0 aliphatic heterocycles. The first-order valence-corrected chi connectivity index (χ1v) is 6.72. The molecule has 0 radical (unpaired) electrons. The van der Waals surface area contributed by atoms with Crippen LogP contribution in [0, 0.1) is 0 Å². The van der Waals surface area contributed by atoms with Gasteiger partial charge in [0.1, 0.15) is 17.3 Å². The Balaban J connectivity index is 2.11. The minimum absolute atomic E-state index is 0.225. The molecule has 1 aromatic heterocycles. The molecule has 0 fully saturated rings. The summed E-state index contributed by atoms with van der Waals surface area (Å²) in [5.41, 5.74) is 0.572. The summed E-state index contributed by atoms with van der Waals surface area (Å²) in [6.07, 6.45) is 3.28. The molecule has 2 rings (SSSR count). The molecule has 0 atom stereocenters. The topological polar surface area (TPSA) is 54.9 Å². The first-order chi connectivity index (χ1) is 8.69. The molecule has 0 saturated heterocycles. The van der Waals surface area contributed by atoms with E-state index in [1.54, 1.807) is 23.9 Å². The van der Waals surface area contributed by atoms with Crippen molar-refractivity contribution in [2.75, 3.05) is 11.6 Å². The number of amides is 1. The van der Waals surface area contributed by atoms with Gasteiger partial charge >= 0.3 is 0 Å². The fourth-order valence-corrected chi connectivity index (χ4v) is 1.89. The van der Waals surface area contributed by atoms with Gasteiger partial charge in [0.05, 0.1) is 0 Å². The quantitative estimate of drug-likeness (QED) is 0.693. The molecule has 0 spiro atoms. The molecule has 92 valence electrons. The molecular formula is C12H10ClN3OS. The second-order valence-corrected chi connectivity index (χ2v) is 4.68. The van der Waals surface area contributed by atoms with E-state index >= 15 is 0 Å². The molecule has 1 amide bonds. The second kappa shape index (κ2) is 5.84. The Hall–Kier alpha value is -1.59. The number of carbonyl (C=O) groups excluding carboxylic acids is 1.